The second-order valence-electron chi connectivity index (χ2n) is 8.35. The summed E-state index contributed by atoms with van der Waals surface area (Å²) in [4.78, 5) is 2.09. The molecule has 0 aliphatic carbocycles. The average molecular weight is 375 g/mol. The summed E-state index contributed by atoms with van der Waals surface area (Å²) in [6.45, 7) is 10.0. The zero-order valence-corrected chi connectivity index (χ0v) is 17.5. The summed E-state index contributed by atoms with van der Waals surface area (Å²) in [7, 11) is 4.02. The van der Waals surface area contributed by atoms with Gasteiger partial charge >= 0.3 is 0 Å². The Bertz CT molecular complexity index is 690. The van der Waals surface area contributed by atoms with Gasteiger partial charge in [-0.1, -0.05) is 32.9 Å². The van der Waals surface area contributed by atoms with Gasteiger partial charge in [-0.15, -0.1) is 0 Å². The quantitative estimate of drug-likeness (QED) is 0.703. The standard InChI is InChI=1S/C22H34N2O3/c1-16-12-17(22(2,3)4)9-10-20(16)27-15-18(25)13-23-14-19(24(5)6)21-8-7-11-26-21/h7-12,18-19,23,25H,13-15H2,1-6H3/t18-,19+/m0/s1. The number of nitrogens with zero attached hydrogens (tertiary/aromatic N) is 1. The van der Waals surface area contributed by atoms with Crippen LogP contribution in [0.4, 0.5) is 0 Å². The van der Waals surface area contributed by atoms with Gasteiger partial charge in [0.25, 0.3) is 0 Å². The van der Waals surface area contributed by atoms with Crippen LogP contribution in [0.15, 0.2) is 41.0 Å². The Labute approximate surface area is 163 Å². The normalized spacial score (nSPS) is 14.4. The molecule has 0 aliphatic heterocycles. The molecule has 0 bridgehead atoms. The number of aliphatic hydroxyl groups excluding tert-OH is 1. The lowest BCUT2D eigenvalue weighted by atomic mass is 9.86. The molecule has 0 unspecified atom stereocenters. The van der Waals surface area contributed by atoms with E-state index in [1.807, 2.05) is 39.2 Å². The van der Waals surface area contributed by atoms with Crippen molar-refractivity contribution in [2.24, 2.45) is 0 Å². The van der Waals surface area contributed by atoms with E-state index in [1.54, 1.807) is 6.26 Å². The Morgan fingerprint density at radius 1 is 1.19 bits per heavy atom. The van der Waals surface area contributed by atoms with E-state index in [4.69, 9.17) is 9.15 Å². The lowest BCUT2D eigenvalue weighted by Crippen LogP contribution is -2.37. The second-order valence-corrected chi connectivity index (χ2v) is 8.35. The van der Waals surface area contributed by atoms with Crippen molar-refractivity contribution < 1.29 is 14.3 Å². The number of hydrogen-bond donors (Lipinski definition) is 2. The van der Waals surface area contributed by atoms with Gasteiger partial charge in [0.15, 0.2) is 0 Å². The van der Waals surface area contributed by atoms with Crippen LogP contribution in [0.1, 0.15) is 43.7 Å². The van der Waals surface area contributed by atoms with Crippen LogP contribution in [0.25, 0.3) is 0 Å². The highest BCUT2D eigenvalue weighted by Crippen LogP contribution is 2.27. The molecule has 1 heterocycles. The monoisotopic (exact) mass is 374 g/mol. The second kappa shape index (κ2) is 9.40. The molecule has 0 saturated carbocycles. The number of benzene rings is 1. The van der Waals surface area contributed by atoms with E-state index < -0.39 is 6.10 Å². The van der Waals surface area contributed by atoms with Crippen LogP contribution in [0.3, 0.4) is 0 Å². The van der Waals surface area contributed by atoms with Gasteiger partial charge in [-0.3, -0.25) is 4.90 Å². The molecule has 2 rings (SSSR count). The minimum atomic E-state index is -0.578. The van der Waals surface area contributed by atoms with Gasteiger partial charge in [-0.25, -0.2) is 0 Å². The number of ether oxygens (including phenoxy) is 1. The van der Waals surface area contributed by atoms with Crippen molar-refractivity contribution in [1.29, 1.82) is 0 Å². The molecule has 2 aromatic rings. The van der Waals surface area contributed by atoms with Crippen LogP contribution in [0.2, 0.25) is 0 Å². The van der Waals surface area contributed by atoms with E-state index in [0.29, 0.717) is 13.1 Å². The van der Waals surface area contributed by atoms with Crippen LogP contribution in [0, 0.1) is 6.92 Å². The van der Waals surface area contributed by atoms with Crippen molar-refractivity contribution in [2.75, 3.05) is 33.8 Å². The lowest BCUT2D eigenvalue weighted by Gasteiger charge is -2.23. The number of aliphatic hydroxyl groups is 1. The molecular formula is C22H34N2O3. The van der Waals surface area contributed by atoms with Gasteiger partial charge in [0.1, 0.15) is 24.2 Å². The summed E-state index contributed by atoms with van der Waals surface area (Å²) < 4.78 is 11.3. The van der Waals surface area contributed by atoms with Crippen molar-refractivity contribution in [3.63, 3.8) is 0 Å². The van der Waals surface area contributed by atoms with Crippen molar-refractivity contribution in [3.05, 3.63) is 53.5 Å². The molecular weight excluding hydrogens is 340 g/mol. The lowest BCUT2D eigenvalue weighted by molar-refractivity contribution is 0.103. The molecule has 0 fully saturated rings. The number of furan rings is 1. The maximum Gasteiger partial charge on any atom is 0.122 e. The number of likely N-dealkylation sites (N-methyl/N-ethyl adjacent to an activating group) is 1. The zero-order chi connectivity index (χ0) is 20.0. The summed E-state index contributed by atoms with van der Waals surface area (Å²) in [5, 5.41) is 13.5. The molecule has 0 spiro atoms. The van der Waals surface area contributed by atoms with Crippen LogP contribution >= 0.6 is 0 Å². The fourth-order valence-corrected chi connectivity index (χ4v) is 2.93. The SMILES string of the molecule is Cc1cc(C(C)(C)C)ccc1OC[C@@H](O)CNC[C@H](c1ccco1)N(C)C. The predicted molar refractivity (Wildman–Crippen MR) is 109 cm³/mol. The van der Waals surface area contributed by atoms with Crippen LogP contribution in [0.5, 0.6) is 5.75 Å². The Balaban J connectivity index is 1.80. The van der Waals surface area contributed by atoms with Gasteiger partial charge < -0.3 is 19.6 Å². The van der Waals surface area contributed by atoms with Gasteiger partial charge in [-0.05, 0) is 55.8 Å². The zero-order valence-electron chi connectivity index (χ0n) is 17.5. The third kappa shape index (κ3) is 6.38. The van der Waals surface area contributed by atoms with Crippen molar-refractivity contribution in [2.45, 2.75) is 45.3 Å². The Hall–Kier alpha value is -1.82. The molecule has 0 aliphatic rings. The summed E-state index contributed by atoms with van der Waals surface area (Å²) in [5.41, 5.74) is 2.49. The van der Waals surface area contributed by atoms with E-state index in [0.717, 1.165) is 17.1 Å². The van der Waals surface area contributed by atoms with Crippen molar-refractivity contribution >= 4 is 0 Å². The first-order chi connectivity index (χ1) is 12.7. The molecule has 1 aromatic carbocycles. The Morgan fingerprint density at radius 3 is 2.48 bits per heavy atom. The molecule has 0 amide bonds. The van der Waals surface area contributed by atoms with E-state index in [2.05, 4.69) is 43.1 Å². The van der Waals surface area contributed by atoms with Gasteiger partial charge in [0, 0.05) is 13.1 Å². The summed E-state index contributed by atoms with van der Waals surface area (Å²) >= 11 is 0. The molecule has 2 N–H and O–H groups in total. The Morgan fingerprint density at radius 2 is 1.93 bits per heavy atom. The fourth-order valence-electron chi connectivity index (χ4n) is 2.93. The smallest absolute Gasteiger partial charge is 0.122 e. The minimum absolute atomic E-state index is 0.115. The van der Waals surface area contributed by atoms with Gasteiger partial charge in [-0.2, -0.15) is 0 Å². The largest absolute Gasteiger partial charge is 0.491 e. The van der Waals surface area contributed by atoms with Crippen molar-refractivity contribution in [3.8, 4) is 5.75 Å². The number of aryl methyl sites for hydroxylation is 1. The maximum atomic E-state index is 10.2. The molecule has 27 heavy (non-hydrogen) atoms. The minimum Gasteiger partial charge on any atom is -0.491 e. The van der Waals surface area contributed by atoms with Gasteiger partial charge in [0.2, 0.25) is 0 Å². The highest BCUT2D eigenvalue weighted by Gasteiger charge is 2.18. The summed E-state index contributed by atoms with van der Waals surface area (Å²) in [5.74, 6) is 1.73. The van der Waals surface area contributed by atoms with E-state index in [1.165, 1.54) is 5.56 Å². The number of rotatable bonds is 9. The molecule has 0 saturated heterocycles. The molecule has 0 radical (unpaired) electrons. The first kappa shape index (κ1) is 21.5. The molecule has 5 heteroatoms. The number of hydrogen-bond acceptors (Lipinski definition) is 5. The first-order valence-corrected chi connectivity index (χ1v) is 9.51. The third-order valence-corrected chi connectivity index (χ3v) is 4.68. The highest BCUT2D eigenvalue weighted by atomic mass is 16.5. The predicted octanol–water partition coefficient (Wildman–Crippen LogP) is 3.52. The molecule has 1 aromatic heterocycles. The third-order valence-electron chi connectivity index (χ3n) is 4.68. The van der Waals surface area contributed by atoms with Crippen LogP contribution in [-0.2, 0) is 5.41 Å². The fraction of sp³-hybridized carbons (Fsp3) is 0.545. The van der Waals surface area contributed by atoms with E-state index in [9.17, 15) is 5.11 Å². The molecule has 5 nitrogen and oxygen atoms in total. The number of nitrogens with one attached hydrogen (secondary N) is 1. The molecule has 2 atom stereocenters. The topological polar surface area (TPSA) is 57.9 Å². The summed E-state index contributed by atoms with van der Waals surface area (Å²) in [6, 6.07) is 10.2. The van der Waals surface area contributed by atoms with E-state index in [-0.39, 0.29) is 18.1 Å². The maximum absolute atomic E-state index is 10.2. The van der Waals surface area contributed by atoms with E-state index >= 15 is 0 Å². The first-order valence-electron chi connectivity index (χ1n) is 9.51. The summed E-state index contributed by atoms with van der Waals surface area (Å²) in [6.07, 6.45) is 1.10. The van der Waals surface area contributed by atoms with Gasteiger partial charge in [0.05, 0.1) is 12.3 Å². The Kier molecular flexibility index (Phi) is 7.48. The van der Waals surface area contributed by atoms with Crippen LogP contribution < -0.4 is 10.1 Å². The van der Waals surface area contributed by atoms with Crippen LogP contribution in [-0.4, -0.2) is 49.9 Å². The molecule has 150 valence electrons. The average Bonchev–Trinajstić information content (AvgIpc) is 3.10. The van der Waals surface area contributed by atoms with Crippen molar-refractivity contribution in [1.82, 2.24) is 10.2 Å². The highest BCUT2D eigenvalue weighted by molar-refractivity contribution is 5.38.